The van der Waals surface area contributed by atoms with Crippen molar-refractivity contribution in [3.63, 3.8) is 0 Å². The first-order valence-electron chi connectivity index (χ1n) is 9.88. The van der Waals surface area contributed by atoms with Gasteiger partial charge in [-0.3, -0.25) is 9.69 Å². The maximum absolute atomic E-state index is 12.6. The summed E-state index contributed by atoms with van der Waals surface area (Å²) >= 11 is 0. The van der Waals surface area contributed by atoms with Gasteiger partial charge in [0.25, 0.3) is 0 Å². The third kappa shape index (κ3) is 5.21. The highest BCUT2D eigenvalue weighted by Gasteiger charge is 2.22. The Morgan fingerprint density at radius 2 is 1.88 bits per heavy atom. The predicted molar refractivity (Wildman–Crippen MR) is 101 cm³/mol. The summed E-state index contributed by atoms with van der Waals surface area (Å²) in [7, 11) is 0. The molecule has 2 heterocycles. The van der Waals surface area contributed by atoms with Crippen molar-refractivity contribution < 1.29 is 9.53 Å². The molecule has 1 saturated heterocycles. The number of carbonyl (C=O) groups excluding carboxylic acids is 1. The topological polar surface area (TPSA) is 32.8 Å². The maximum atomic E-state index is 12.6. The van der Waals surface area contributed by atoms with Gasteiger partial charge in [-0.05, 0) is 32.8 Å². The van der Waals surface area contributed by atoms with Gasteiger partial charge in [-0.25, -0.2) is 0 Å². The van der Waals surface area contributed by atoms with E-state index in [-0.39, 0.29) is 6.10 Å². The van der Waals surface area contributed by atoms with E-state index in [1.807, 2.05) is 0 Å². The first-order chi connectivity index (χ1) is 12.1. The fourth-order valence-corrected chi connectivity index (χ4v) is 3.95. The fourth-order valence-electron chi connectivity index (χ4n) is 3.95. The van der Waals surface area contributed by atoms with E-state index in [1.54, 1.807) is 0 Å². The predicted octanol–water partition coefficient (Wildman–Crippen LogP) is 3.76. The summed E-state index contributed by atoms with van der Waals surface area (Å²) in [5, 5.41) is 0. The fraction of sp³-hybridized carbons (Fsp3) is 0.667. The van der Waals surface area contributed by atoms with Gasteiger partial charge < -0.3 is 9.64 Å². The van der Waals surface area contributed by atoms with Gasteiger partial charge in [0.2, 0.25) is 5.91 Å². The van der Waals surface area contributed by atoms with Crippen molar-refractivity contribution in [2.24, 2.45) is 0 Å². The van der Waals surface area contributed by atoms with Crippen molar-refractivity contribution in [2.45, 2.75) is 65.0 Å². The molecule has 4 nitrogen and oxygen atoms in total. The molecular formula is C21H32N2O2. The number of benzene rings is 1. The Morgan fingerprint density at radius 1 is 1.16 bits per heavy atom. The molecule has 25 heavy (non-hydrogen) atoms. The van der Waals surface area contributed by atoms with Crippen molar-refractivity contribution in [1.29, 1.82) is 0 Å². The van der Waals surface area contributed by atoms with Gasteiger partial charge in [-0.1, -0.05) is 37.0 Å². The number of ether oxygens (including phenoxy) is 1. The second-order valence-corrected chi connectivity index (χ2v) is 7.67. The van der Waals surface area contributed by atoms with Gasteiger partial charge in [-0.2, -0.15) is 0 Å². The lowest BCUT2D eigenvalue weighted by Gasteiger charge is -2.27. The van der Waals surface area contributed by atoms with Gasteiger partial charge in [0.1, 0.15) is 11.9 Å². The van der Waals surface area contributed by atoms with Crippen LogP contribution in [0.3, 0.4) is 0 Å². The molecule has 0 saturated carbocycles. The van der Waals surface area contributed by atoms with Crippen LogP contribution in [0.4, 0.5) is 0 Å². The van der Waals surface area contributed by atoms with Crippen molar-refractivity contribution in [1.82, 2.24) is 9.80 Å². The Balaban J connectivity index is 1.57. The zero-order valence-corrected chi connectivity index (χ0v) is 15.8. The van der Waals surface area contributed by atoms with Crippen molar-refractivity contribution >= 4 is 5.91 Å². The summed E-state index contributed by atoms with van der Waals surface area (Å²) in [4.78, 5) is 17.1. The van der Waals surface area contributed by atoms with E-state index in [9.17, 15) is 4.79 Å². The highest BCUT2D eigenvalue weighted by molar-refractivity contribution is 5.76. The van der Waals surface area contributed by atoms with Crippen LogP contribution in [-0.4, -0.2) is 48.0 Å². The molecule has 0 aromatic heterocycles. The molecule has 1 aromatic carbocycles. The van der Waals surface area contributed by atoms with E-state index < -0.39 is 0 Å². The first kappa shape index (κ1) is 18.2. The van der Waals surface area contributed by atoms with Gasteiger partial charge in [-0.15, -0.1) is 0 Å². The summed E-state index contributed by atoms with van der Waals surface area (Å²) in [6, 6.07) is 6.39. The molecule has 0 aliphatic carbocycles. The molecule has 0 N–H and O–H groups in total. The van der Waals surface area contributed by atoms with Crippen LogP contribution in [-0.2, 0) is 11.3 Å². The molecule has 1 amide bonds. The van der Waals surface area contributed by atoms with E-state index in [0.29, 0.717) is 12.3 Å². The third-order valence-electron chi connectivity index (χ3n) is 5.30. The number of aryl methyl sites for hydroxylation is 1. The number of hydrogen-bond donors (Lipinski definition) is 0. The minimum absolute atomic E-state index is 0.153. The zero-order chi connectivity index (χ0) is 17.6. The monoisotopic (exact) mass is 344 g/mol. The summed E-state index contributed by atoms with van der Waals surface area (Å²) in [6.45, 7) is 8.68. The number of hydrogen-bond acceptors (Lipinski definition) is 3. The van der Waals surface area contributed by atoms with Crippen LogP contribution in [0.25, 0.3) is 0 Å². The minimum Gasteiger partial charge on any atom is -0.489 e. The second kappa shape index (κ2) is 8.70. The molecule has 1 atom stereocenters. The van der Waals surface area contributed by atoms with Crippen LogP contribution >= 0.6 is 0 Å². The highest BCUT2D eigenvalue weighted by atomic mass is 16.5. The minimum atomic E-state index is 0.153. The Kier molecular flexibility index (Phi) is 6.35. The molecular weight excluding hydrogens is 312 g/mol. The van der Waals surface area contributed by atoms with Gasteiger partial charge in [0.05, 0.1) is 0 Å². The first-order valence-corrected chi connectivity index (χ1v) is 9.88. The maximum Gasteiger partial charge on any atom is 0.223 e. The summed E-state index contributed by atoms with van der Waals surface area (Å²) in [5.41, 5.74) is 2.50. The summed E-state index contributed by atoms with van der Waals surface area (Å²) in [6.07, 6.45) is 6.95. The lowest BCUT2D eigenvalue weighted by atomic mass is 10.1. The SMILES string of the molecule is Cc1ccc2c(c1)CN(CCC(=O)N1CCCCCCC1)C[C@H](C)O2. The molecule has 2 aliphatic rings. The molecule has 2 aliphatic heterocycles. The van der Waals surface area contributed by atoms with Crippen LogP contribution in [0.15, 0.2) is 18.2 Å². The lowest BCUT2D eigenvalue weighted by Crippen LogP contribution is -2.38. The normalized spacial score (nSPS) is 22.3. The molecule has 0 radical (unpaired) electrons. The smallest absolute Gasteiger partial charge is 0.223 e. The quantitative estimate of drug-likeness (QED) is 0.837. The van der Waals surface area contributed by atoms with Crippen LogP contribution in [0, 0.1) is 6.92 Å². The second-order valence-electron chi connectivity index (χ2n) is 7.67. The van der Waals surface area contributed by atoms with Crippen LogP contribution in [0.2, 0.25) is 0 Å². The molecule has 0 unspecified atom stereocenters. The molecule has 0 spiro atoms. The molecule has 0 bridgehead atoms. The van der Waals surface area contributed by atoms with Gasteiger partial charge >= 0.3 is 0 Å². The standard InChI is InChI=1S/C21H32N2O2/c1-17-8-9-20-19(14-17)16-22(15-18(2)25-20)13-10-21(24)23-11-6-4-3-5-7-12-23/h8-9,14,18H,3-7,10-13,15-16H2,1-2H3/t18-/m0/s1. The van der Waals surface area contributed by atoms with Crippen LogP contribution in [0.5, 0.6) is 5.75 Å². The molecule has 3 rings (SSSR count). The van der Waals surface area contributed by atoms with E-state index >= 15 is 0 Å². The van der Waals surface area contributed by atoms with E-state index in [2.05, 4.69) is 41.8 Å². The highest BCUT2D eigenvalue weighted by Crippen LogP contribution is 2.26. The summed E-state index contributed by atoms with van der Waals surface area (Å²) < 4.78 is 6.06. The average molecular weight is 344 g/mol. The average Bonchev–Trinajstić information content (AvgIpc) is 2.69. The Morgan fingerprint density at radius 3 is 2.64 bits per heavy atom. The Hall–Kier alpha value is -1.55. The van der Waals surface area contributed by atoms with Gasteiger partial charge in [0.15, 0.2) is 0 Å². The lowest BCUT2D eigenvalue weighted by molar-refractivity contribution is -0.132. The van der Waals surface area contributed by atoms with Crippen molar-refractivity contribution in [3.8, 4) is 5.75 Å². The van der Waals surface area contributed by atoms with Gasteiger partial charge in [0, 0.05) is 44.7 Å². The number of amides is 1. The van der Waals surface area contributed by atoms with E-state index in [1.165, 1.54) is 30.4 Å². The molecule has 1 fully saturated rings. The van der Waals surface area contributed by atoms with Crippen molar-refractivity contribution in [2.75, 3.05) is 26.2 Å². The number of likely N-dealkylation sites (tertiary alicyclic amines) is 1. The Labute approximate surface area is 152 Å². The number of carbonyl (C=O) groups is 1. The number of nitrogens with zero attached hydrogens (tertiary/aromatic N) is 2. The molecule has 138 valence electrons. The zero-order valence-electron chi connectivity index (χ0n) is 15.8. The molecule has 4 heteroatoms. The molecule has 1 aromatic rings. The number of fused-ring (bicyclic) bond motifs is 1. The van der Waals surface area contributed by atoms with Crippen molar-refractivity contribution in [3.05, 3.63) is 29.3 Å². The third-order valence-corrected chi connectivity index (χ3v) is 5.30. The van der Waals surface area contributed by atoms with E-state index in [0.717, 1.165) is 51.3 Å². The number of rotatable bonds is 3. The summed E-state index contributed by atoms with van der Waals surface area (Å²) in [5.74, 6) is 1.32. The Bertz CT molecular complexity index is 579. The largest absolute Gasteiger partial charge is 0.489 e. The van der Waals surface area contributed by atoms with E-state index in [4.69, 9.17) is 4.74 Å². The van der Waals surface area contributed by atoms with Crippen LogP contribution in [0.1, 0.15) is 56.6 Å². The van der Waals surface area contributed by atoms with Crippen LogP contribution < -0.4 is 4.74 Å².